The third-order valence-electron chi connectivity index (χ3n) is 3.92. The van der Waals surface area contributed by atoms with Crippen LogP contribution in [0.5, 0.6) is 0 Å². The van der Waals surface area contributed by atoms with Crippen molar-refractivity contribution in [1.29, 1.82) is 0 Å². The van der Waals surface area contributed by atoms with Crippen molar-refractivity contribution in [1.82, 2.24) is 4.90 Å². The SMILES string of the molecule is CCC(C)(O)CN1CCc2ccccc2C1C(=O)O. The molecule has 1 aromatic carbocycles. The molecule has 1 aromatic rings. The first-order chi connectivity index (χ1) is 8.94. The fraction of sp³-hybridized carbons (Fsp3) is 0.533. The number of carbonyl (C=O) groups is 1. The molecule has 0 amide bonds. The molecule has 2 rings (SSSR count). The Labute approximate surface area is 113 Å². The molecule has 0 saturated heterocycles. The zero-order chi connectivity index (χ0) is 14.0. The predicted molar refractivity (Wildman–Crippen MR) is 73.0 cm³/mol. The van der Waals surface area contributed by atoms with Gasteiger partial charge in [0.25, 0.3) is 0 Å². The molecule has 1 aliphatic heterocycles. The zero-order valence-corrected chi connectivity index (χ0v) is 11.5. The summed E-state index contributed by atoms with van der Waals surface area (Å²) in [7, 11) is 0. The monoisotopic (exact) mass is 263 g/mol. The van der Waals surface area contributed by atoms with Gasteiger partial charge < -0.3 is 10.2 Å². The van der Waals surface area contributed by atoms with E-state index in [0.717, 1.165) is 17.5 Å². The minimum Gasteiger partial charge on any atom is -0.480 e. The molecule has 0 aromatic heterocycles. The summed E-state index contributed by atoms with van der Waals surface area (Å²) in [5.74, 6) is -0.848. The first kappa shape index (κ1) is 14.0. The summed E-state index contributed by atoms with van der Waals surface area (Å²) in [6.45, 7) is 4.72. The number of fused-ring (bicyclic) bond motifs is 1. The Morgan fingerprint density at radius 2 is 2.16 bits per heavy atom. The first-order valence-corrected chi connectivity index (χ1v) is 6.71. The Balaban J connectivity index is 2.30. The second-order valence-electron chi connectivity index (χ2n) is 5.51. The molecule has 2 atom stereocenters. The molecule has 4 heteroatoms. The lowest BCUT2D eigenvalue weighted by molar-refractivity contribution is -0.145. The summed E-state index contributed by atoms with van der Waals surface area (Å²) in [6, 6.07) is 7.02. The molecule has 1 aliphatic rings. The van der Waals surface area contributed by atoms with E-state index in [2.05, 4.69) is 0 Å². The Hall–Kier alpha value is -1.39. The van der Waals surface area contributed by atoms with Crippen LogP contribution in [0.4, 0.5) is 0 Å². The topological polar surface area (TPSA) is 60.8 Å². The number of rotatable bonds is 4. The van der Waals surface area contributed by atoms with Gasteiger partial charge in [-0.25, -0.2) is 0 Å². The van der Waals surface area contributed by atoms with E-state index in [9.17, 15) is 15.0 Å². The van der Waals surface area contributed by atoms with Crippen LogP contribution >= 0.6 is 0 Å². The normalized spacial score (nSPS) is 22.6. The zero-order valence-electron chi connectivity index (χ0n) is 11.5. The number of aliphatic carboxylic acids is 1. The van der Waals surface area contributed by atoms with E-state index in [4.69, 9.17) is 0 Å². The van der Waals surface area contributed by atoms with Crippen LogP contribution in [0, 0.1) is 0 Å². The number of nitrogens with zero attached hydrogens (tertiary/aromatic N) is 1. The molecular formula is C15H21NO3. The molecule has 0 fully saturated rings. The van der Waals surface area contributed by atoms with Crippen LogP contribution in [0.25, 0.3) is 0 Å². The van der Waals surface area contributed by atoms with Crippen molar-refractivity contribution in [2.24, 2.45) is 0 Å². The third kappa shape index (κ3) is 2.96. The highest BCUT2D eigenvalue weighted by Gasteiger charge is 2.35. The van der Waals surface area contributed by atoms with Crippen molar-refractivity contribution < 1.29 is 15.0 Å². The Kier molecular flexibility index (Phi) is 3.92. The van der Waals surface area contributed by atoms with E-state index in [1.165, 1.54) is 0 Å². The van der Waals surface area contributed by atoms with Crippen LogP contribution in [0.3, 0.4) is 0 Å². The summed E-state index contributed by atoms with van der Waals surface area (Å²) in [5.41, 5.74) is 1.11. The maximum atomic E-state index is 11.6. The molecule has 2 N–H and O–H groups in total. The molecule has 19 heavy (non-hydrogen) atoms. The number of carboxylic acid groups (broad SMARTS) is 1. The largest absolute Gasteiger partial charge is 0.480 e. The van der Waals surface area contributed by atoms with Crippen molar-refractivity contribution in [3.63, 3.8) is 0 Å². The van der Waals surface area contributed by atoms with E-state index < -0.39 is 17.6 Å². The fourth-order valence-electron chi connectivity index (χ4n) is 2.63. The number of aliphatic hydroxyl groups is 1. The Morgan fingerprint density at radius 3 is 2.79 bits per heavy atom. The molecule has 1 heterocycles. The summed E-state index contributed by atoms with van der Waals surface area (Å²) in [5, 5.41) is 19.7. The van der Waals surface area contributed by atoms with Gasteiger partial charge in [-0.1, -0.05) is 31.2 Å². The Bertz CT molecular complexity index is 470. The van der Waals surface area contributed by atoms with Crippen molar-refractivity contribution in [2.75, 3.05) is 13.1 Å². The van der Waals surface area contributed by atoms with Gasteiger partial charge in [0.1, 0.15) is 6.04 Å². The highest BCUT2D eigenvalue weighted by atomic mass is 16.4. The third-order valence-corrected chi connectivity index (χ3v) is 3.92. The van der Waals surface area contributed by atoms with Crippen LogP contribution in [0.15, 0.2) is 24.3 Å². The van der Waals surface area contributed by atoms with Gasteiger partial charge in [0.2, 0.25) is 0 Å². The number of carboxylic acids is 1. The minimum absolute atomic E-state index is 0.384. The van der Waals surface area contributed by atoms with Gasteiger partial charge in [0.05, 0.1) is 5.60 Å². The molecule has 0 spiro atoms. The average Bonchev–Trinajstić information content (AvgIpc) is 2.37. The highest BCUT2D eigenvalue weighted by molar-refractivity contribution is 5.76. The standard InChI is InChI=1S/C15H21NO3/c1-3-15(2,19)10-16-9-8-11-6-4-5-7-12(11)13(16)14(17)18/h4-7,13,19H,3,8-10H2,1-2H3,(H,17,18). The number of hydrogen-bond donors (Lipinski definition) is 2. The smallest absolute Gasteiger partial charge is 0.325 e. The molecule has 2 unspecified atom stereocenters. The number of β-amino-alcohol motifs (C(OH)–C–C–N with tert-alkyl or cyclic N) is 1. The molecule has 0 aliphatic carbocycles. The summed E-state index contributed by atoms with van der Waals surface area (Å²) >= 11 is 0. The Morgan fingerprint density at radius 1 is 1.47 bits per heavy atom. The second-order valence-corrected chi connectivity index (χ2v) is 5.51. The van der Waals surface area contributed by atoms with Crippen LogP contribution in [-0.4, -0.2) is 39.8 Å². The quantitative estimate of drug-likeness (QED) is 0.870. The minimum atomic E-state index is -0.848. The molecule has 0 radical (unpaired) electrons. The lowest BCUT2D eigenvalue weighted by Gasteiger charge is -2.38. The van der Waals surface area contributed by atoms with Gasteiger partial charge in [-0.2, -0.15) is 0 Å². The fourth-order valence-corrected chi connectivity index (χ4v) is 2.63. The average molecular weight is 263 g/mol. The van der Waals surface area contributed by atoms with Crippen molar-refractivity contribution >= 4 is 5.97 Å². The van der Waals surface area contributed by atoms with Crippen LogP contribution in [-0.2, 0) is 11.2 Å². The first-order valence-electron chi connectivity index (χ1n) is 6.71. The van der Waals surface area contributed by atoms with E-state index in [-0.39, 0.29) is 0 Å². The van der Waals surface area contributed by atoms with Gasteiger partial charge in [-0.05, 0) is 30.9 Å². The molecular weight excluding hydrogens is 242 g/mol. The predicted octanol–water partition coefficient (Wildman–Crippen LogP) is 1.83. The molecule has 0 saturated carbocycles. The van der Waals surface area contributed by atoms with Gasteiger partial charge in [-0.3, -0.25) is 9.69 Å². The highest BCUT2D eigenvalue weighted by Crippen LogP contribution is 2.31. The van der Waals surface area contributed by atoms with Gasteiger partial charge in [0.15, 0.2) is 0 Å². The van der Waals surface area contributed by atoms with Crippen molar-refractivity contribution in [3.05, 3.63) is 35.4 Å². The summed E-state index contributed by atoms with van der Waals surface area (Å²) in [6.07, 6.45) is 1.44. The van der Waals surface area contributed by atoms with Gasteiger partial charge in [0, 0.05) is 13.1 Å². The van der Waals surface area contributed by atoms with Crippen LogP contribution < -0.4 is 0 Å². The molecule has 4 nitrogen and oxygen atoms in total. The number of hydrogen-bond acceptors (Lipinski definition) is 3. The van der Waals surface area contributed by atoms with Gasteiger partial charge >= 0.3 is 5.97 Å². The van der Waals surface area contributed by atoms with E-state index >= 15 is 0 Å². The van der Waals surface area contributed by atoms with E-state index in [1.807, 2.05) is 36.1 Å². The van der Waals surface area contributed by atoms with Gasteiger partial charge in [-0.15, -0.1) is 0 Å². The van der Waals surface area contributed by atoms with Crippen LogP contribution in [0.2, 0.25) is 0 Å². The van der Waals surface area contributed by atoms with Crippen LogP contribution in [0.1, 0.15) is 37.4 Å². The maximum absolute atomic E-state index is 11.6. The summed E-state index contributed by atoms with van der Waals surface area (Å²) < 4.78 is 0. The summed E-state index contributed by atoms with van der Waals surface area (Å²) in [4.78, 5) is 13.4. The van der Waals surface area contributed by atoms with E-state index in [0.29, 0.717) is 19.5 Å². The second kappa shape index (κ2) is 5.31. The lowest BCUT2D eigenvalue weighted by Crippen LogP contribution is -2.47. The van der Waals surface area contributed by atoms with Crippen molar-refractivity contribution in [2.45, 2.75) is 38.3 Å². The van der Waals surface area contributed by atoms with E-state index in [1.54, 1.807) is 6.92 Å². The lowest BCUT2D eigenvalue weighted by atomic mass is 9.91. The van der Waals surface area contributed by atoms with Crippen molar-refractivity contribution in [3.8, 4) is 0 Å². The molecule has 104 valence electrons. The number of benzene rings is 1. The maximum Gasteiger partial charge on any atom is 0.325 e. The molecule has 0 bridgehead atoms.